The third-order valence-electron chi connectivity index (χ3n) is 3.33. The molecule has 0 saturated carbocycles. The molecule has 0 saturated heterocycles. The molecule has 3 aromatic rings. The molecule has 0 aliphatic heterocycles. The smallest absolute Gasteiger partial charge is 0.115 e. The molecule has 0 fully saturated rings. The van der Waals surface area contributed by atoms with Crippen LogP contribution in [0.2, 0.25) is 0 Å². The first-order valence-corrected chi connectivity index (χ1v) is 6.28. The van der Waals surface area contributed by atoms with Crippen LogP contribution in [0.15, 0.2) is 65.8 Å². The summed E-state index contributed by atoms with van der Waals surface area (Å²) in [6.45, 7) is 0. The van der Waals surface area contributed by atoms with Crippen LogP contribution >= 0.6 is 0 Å². The molecule has 20 heavy (non-hydrogen) atoms. The molecule has 3 heteroatoms. The minimum atomic E-state index is 0.252. The molecule has 3 nitrogen and oxygen atoms in total. The number of fused-ring (bicyclic) bond motifs is 1. The van der Waals surface area contributed by atoms with Crippen molar-refractivity contribution in [2.24, 2.45) is 5.16 Å². The van der Waals surface area contributed by atoms with Crippen molar-refractivity contribution in [1.82, 2.24) is 0 Å². The van der Waals surface area contributed by atoms with E-state index < -0.39 is 0 Å². The summed E-state index contributed by atoms with van der Waals surface area (Å²) in [5, 5.41) is 23.3. The van der Waals surface area contributed by atoms with E-state index >= 15 is 0 Å². The van der Waals surface area contributed by atoms with Crippen LogP contribution in [-0.2, 0) is 0 Å². The van der Waals surface area contributed by atoms with E-state index in [4.69, 9.17) is 5.21 Å². The van der Waals surface area contributed by atoms with Gasteiger partial charge in [0, 0.05) is 5.56 Å². The summed E-state index contributed by atoms with van der Waals surface area (Å²) in [5.74, 6) is 0.252. The monoisotopic (exact) mass is 263 g/mol. The highest BCUT2D eigenvalue weighted by molar-refractivity contribution is 6.06. The molecule has 3 aromatic carbocycles. The maximum absolute atomic E-state index is 9.39. The number of nitrogens with zero attached hydrogens (tertiary/aromatic N) is 1. The Morgan fingerprint density at radius 3 is 2.20 bits per heavy atom. The van der Waals surface area contributed by atoms with Crippen molar-refractivity contribution in [3.05, 3.63) is 66.2 Å². The highest BCUT2D eigenvalue weighted by Gasteiger charge is 2.06. The first kappa shape index (κ1) is 12.2. The van der Waals surface area contributed by atoms with Crippen LogP contribution in [0.4, 0.5) is 0 Å². The number of phenolic OH excluding ortho intramolecular Hbond substituents is 1. The molecule has 0 aliphatic rings. The Kier molecular flexibility index (Phi) is 3.09. The Morgan fingerprint density at radius 2 is 1.50 bits per heavy atom. The van der Waals surface area contributed by atoms with Crippen LogP contribution < -0.4 is 0 Å². The fraction of sp³-hybridized carbons (Fsp3) is 0. The highest BCUT2D eigenvalue weighted by atomic mass is 16.4. The summed E-state index contributed by atoms with van der Waals surface area (Å²) < 4.78 is 0. The lowest BCUT2D eigenvalue weighted by atomic mass is 9.95. The molecule has 0 aliphatic carbocycles. The zero-order valence-electron chi connectivity index (χ0n) is 10.7. The van der Waals surface area contributed by atoms with Gasteiger partial charge in [0.2, 0.25) is 0 Å². The van der Waals surface area contributed by atoms with Gasteiger partial charge >= 0.3 is 0 Å². The number of benzene rings is 3. The third kappa shape index (κ3) is 2.10. The summed E-state index contributed by atoms with van der Waals surface area (Å²) >= 11 is 0. The van der Waals surface area contributed by atoms with Gasteiger partial charge < -0.3 is 10.3 Å². The molecule has 0 spiro atoms. The molecular weight excluding hydrogens is 250 g/mol. The van der Waals surface area contributed by atoms with Crippen molar-refractivity contribution < 1.29 is 10.3 Å². The number of rotatable bonds is 2. The van der Waals surface area contributed by atoms with E-state index in [1.165, 1.54) is 6.21 Å². The summed E-state index contributed by atoms with van der Waals surface area (Å²) in [4.78, 5) is 0. The van der Waals surface area contributed by atoms with Crippen molar-refractivity contribution in [3.63, 3.8) is 0 Å². The van der Waals surface area contributed by atoms with Gasteiger partial charge in [-0.15, -0.1) is 0 Å². The van der Waals surface area contributed by atoms with E-state index in [0.29, 0.717) is 0 Å². The van der Waals surface area contributed by atoms with E-state index in [9.17, 15) is 5.11 Å². The Morgan fingerprint density at radius 1 is 0.800 bits per heavy atom. The molecule has 0 radical (unpaired) electrons. The SMILES string of the molecule is O/N=C/c1ccc(-c2ccc(O)cc2)c2ccccc12. The van der Waals surface area contributed by atoms with Gasteiger partial charge in [0.15, 0.2) is 0 Å². The fourth-order valence-corrected chi connectivity index (χ4v) is 2.39. The maximum Gasteiger partial charge on any atom is 0.115 e. The van der Waals surface area contributed by atoms with Gasteiger partial charge in [-0.1, -0.05) is 53.7 Å². The average molecular weight is 263 g/mol. The molecule has 0 amide bonds. The Hall–Kier alpha value is -2.81. The largest absolute Gasteiger partial charge is 0.508 e. The number of hydrogen-bond donors (Lipinski definition) is 2. The number of aromatic hydroxyl groups is 1. The zero-order valence-corrected chi connectivity index (χ0v) is 10.7. The molecule has 0 bridgehead atoms. The van der Waals surface area contributed by atoms with Crippen LogP contribution in [0, 0.1) is 0 Å². The van der Waals surface area contributed by atoms with E-state index in [2.05, 4.69) is 5.16 Å². The predicted molar refractivity (Wildman–Crippen MR) is 80.4 cm³/mol. The fourth-order valence-electron chi connectivity index (χ4n) is 2.39. The lowest BCUT2D eigenvalue weighted by Crippen LogP contribution is -1.88. The topological polar surface area (TPSA) is 52.8 Å². The first-order valence-electron chi connectivity index (χ1n) is 6.28. The molecule has 0 unspecified atom stereocenters. The van der Waals surface area contributed by atoms with Crippen molar-refractivity contribution in [3.8, 4) is 16.9 Å². The minimum Gasteiger partial charge on any atom is -0.508 e. The van der Waals surface area contributed by atoms with E-state index in [-0.39, 0.29) is 5.75 Å². The molecule has 0 atom stereocenters. The van der Waals surface area contributed by atoms with Crippen LogP contribution in [0.25, 0.3) is 21.9 Å². The summed E-state index contributed by atoms with van der Waals surface area (Å²) in [5.41, 5.74) is 2.98. The van der Waals surface area contributed by atoms with Gasteiger partial charge in [0.1, 0.15) is 5.75 Å². The van der Waals surface area contributed by atoms with Crippen molar-refractivity contribution in [2.75, 3.05) is 0 Å². The Balaban J connectivity index is 2.27. The molecule has 98 valence electrons. The summed E-state index contributed by atoms with van der Waals surface area (Å²) in [7, 11) is 0. The van der Waals surface area contributed by atoms with E-state index in [0.717, 1.165) is 27.5 Å². The minimum absolute atomic E-state index is 0.252. The first-order chi connectivity index (χ1) is 9.79. The van der Waals surface area contributed by atoms with Crippen LogP contribution in [0.3, 0.4) is 0 Å². The van der Waals surface area contributed by atoms with Gasteiger partial charge in [0.05, 0.1) is 6.21 Å². The third-order valence-corrected chi connectivity index (χ3v) is 3.33. The Labute approximate surface area is 116 Å². The van der Waals surface area contributed by atoms with Gasteiger partial charge in [-0.3, -0.25) is 0 Å². The quantitative estimate of drug-likeness (QED) is 0.417. The lowest BCUT2D eigenvalue weighted by Gasteiger charge is -2.09. The highest BCUT2D eigenvalue weighted by Crippen LogP contribution is 2.31. The molecule has 3 rings (SSSR count). The standard InChI is InChI=1S/C17H13NO2/c19-14-8-5-12(6-9-14)16-10-7-13(11-18-20)15-3-1-2-4-17(15)16/h1-11,19-20H/b18-11+. The lowest BCUT2D eigenvalue weighted by molar-refractivity contribution is 0.322. The maximum atomic E-state index is 9.39. The molecule has 2 N–H and O–H groups in total. The van der Waals surface area contributed by atoms with E-state index in [1.807, 2.05) is 48.5 Å². The average Bonchev–Trinajstić information content (AvgIpc) is 2.49. The van der Waals surface area contributed by atoms with Crippen molar-refractivity contribution in [2.45, 2.75) is 0 Å². The second-order valence-corrected chi connectivity index (χ2v) is 4.54. The second kappa shape index (κ2) is 5.05. The van der Waals surface area contributed by atoms with Crippen molar-refractivity contribution in [1.29, 1.82) is 0 Å². The molecule has 0 aromatic heterocycles. The summed E-state index contributed by atoms with van der Waals surface area (Å²) in [6.07, 6.45) is 1.43. The zero-order chi connectivity index (χ0) is 13.9. The summed E-state index contributed by atoms with van der Waals surface area (Å²) in [6, 6.07) is 19.0. The van der Waals surface area contributed by atoms with Gasteiger partial charge in [-0.05, 0) is 34.0 Å². The van der Waals surface area contributed by atoms with Crippen LogP contribution in [0.5, 0.6) is 5.75 Å². The van der Waals surface area contributed by atoms with Gasteiger partial charge in [-0.2, -0.15) is 0 Å². The van der Waals surface area contributed by atoms with Crippen LogP contribution in [0.1, 0.15) is 5.56 Å². The van der Waals surface area contributed by atoms with Gasteiger partial charge in [-0.25, -0.2) is 0 Å². The number of phenols is 1. The molecular formula is C17H13NO2. The van der Waals surface area contributed by atoms with Crippen LogP contribution in [-0.4, -0.2) is 16.5 Å². The normalized spacial score (nSPS) is 11.2. The van der Waals surface area contributed by atoms with Gasteiger partial charge in [0.25, 0.3) is 0 Å². The molecule has 0 heterocycles. The van der Waals surface area contributed by atoms with Crippen molar-refractivity contribution >= 4 is 17.0 Å². The predicted octanol–water partition coefficient (Wildman–Crippen LogP) is 4.02. The second-order valence-electron chi connectivity index (χ2n) is 4.54. The van der Waals surface area contributed by atoms with E-state index in [1.54, 1.807) is 12.1 Å². The number of hydrogen-bond acceptors (Lipinski definition) is 3. The Bertz CT molecular complexity index is 777. The number of oxime groups is 1.